The van der Waals surface area contributed by atoms with Crippen molar-refractivity contribution in [1.82, 2.24) is 0 Å². The van der Waals surface area contributed by atoms with Crippen LogP contribution in [-0.4, -0.2) is 11.2 Å². The smallest absolute Gasteiger partial charge is 0.409 e. The monoisotopic (exact) mass is 225 g/mol. The first-order valence-corrected chi connectivity index (χ1v) is 5.36. The topological polar surface area (TPSA) is 49.3 Å². The molecule has 2 rings (SSSR count). The molecule has 1 aromatic rings. The number of carbonyl (C=O) groups is 1. The van der Waals surface area contributed by atoms with Crippen molar-refractivity contribution in [1.29, 1.82) is 0 Å². The maximum atomic E-state index is 10.5. The lowest BCUT2D eigenvalue weighted by molar-refractivity contribution is 0.210. The minimum atomic E-state index is -1.08. The number of anilines is 1. The lowest BCUT2D eigenvalue weighted by Gasteiger charge is -2.18. The molecule has 1 amide bonds. The molecule has 1 aliphatic rings. The molecule has 0 spiro atoms. The van der Waals surface area contributed by atoms with E-state index in [2.05, 4.69) is 5.32 Å². The Labute approximate surface area is 93.1 Å². The largest absolute Gasteiger partial charge is 0.465 e. The molecule has 0 saturated carbocycles. The summed E-state index contributed by atoms with van der Waals surface area (Å²) in [4.78, 5) is 10.5. The summed E-state index contributed by atoms with van der Waals surface area (Å²) in [7, 11) is 0. The van der Waals surface area contributed by atoms with Gasteiger partial charge in [-0.05, 0) is 42.9 Å². The summed E-state index contributed by atoms with van der Waals surface area (Å²) in [5.41, 5.74) is 2.85. The van der Waals surface area contributed by atoms with E-state index in [4.69, 9.17) is 16.7 Å². The van der Waals surface area contributed by atoms with Crippen LogP contribution in [0.25, 0.3) is 0 Å². The molecule has 2 N–H and O–H groups in total. The highest BCUT2D eigenvalue weighted by molar-refractivity contribution is 6.34. The van der Waals surface area contributed by atoms with Crippen molar-refractivity contribution < 1.29 is 9.90 Å². The van der Waals surface area contributed by atoms with Crippen LogP contribution in [-0.2, 0) is 12.8 Å². The number of carboxylic acid groups (broad SMARTS) is 1. The zero-order valence-corrected chi connectivity index (χ0v) is 8.97. The van der Waals surface area contributed by atoms with E-state index in [0.29, 0.717) is 10.7 Å². The number of hydrogen-bond acceptors (Lipinski definition) is 1. The van der Waals surface area contributed by atoms with Gasteiger partial charge in [0.15, 0.2) is 0 Å². The van der Waals surface area contributed by atoms with E-state index in [1.54, 1.807) is 6.07 Å². The van der Waals surface area contributed by atoms with Crippen molar-refractivity contribution in [2.24, 2.45) is 0 Å². The minimum Gasteiger partial charge on any atom is -0.465 e. The van der Waals surface area contributed by atoms with Crippen LogP contribution in [0.15, 0.2) is 12.1 Å². The van der Waals surface area contributed by atoms with Gasteiger partial charge in [0, 0.05) is 0 Å². The second-order valence-electron chi connectivity index (χ2n) is 3.70. The highest BCUT2D eigenvalue weighted by Gasteiger charge is 2.15. The number of fused-ring (bicyclic) bond motifs is 1. The van der Waals surface area contributed by atoms with E-state index in [1.807, 2.05) is 6.07 Å². The molecule has 0 heterocycles. The van der Waals surface area contributed by atoms with E-state index in [0.717, 1.165) is 24.8 Å². The lowest BCUT2D eigenvalue weighted by atomic mass is 9.91. The summed E-state index contributed by atoms with van der Waals surface area (Å²) in [5.74, 6) is 0. The molecule has 0 unspecified atom stereocenters. The van der Waals surface area contributed by atoms with Crippen LogP contribution in [0.1, 0.15) is 24.0 Å². The number of aryl methyl sites for hydroxylation is 1. The van der Waals surface area contributed by atoms with Crippen LogP contribution >= 0.6 is 11.6 Å². The van der Waals surface area contributed by atoms with Crippen LogP contribution in [0.5, 0.6) is 0 Å². The van der Waals surface area contributed by atoms with Gasteiger partial charge in [0.2, 0.25) is 0 Å². The Bertz CT molecular complexity index is 404. The second-order valence-corrected chi connectivity index (χ2v) is 4.08. The lowest BCUT2D eigenvalue weighted by Crippen LogP contribution is -2.10. The van der Waals surface area contributed by atoms with Gasteiger partial charge in [-0.25, -0.2) is 4.79 Å². The van der Waals surface area contributed by atoms with Crippen molar-refractivity contribution in [2.45, 2.75) is 25.7 Å². The Morgan fingerprint density at radius 1 is 1.33 bits per heavy atom. The summed E-state index contributed by atoms with van der Waals surface area (Å²) in [6.45, 7) is 0. The van der Waals surface area contributed by atoms with Crippen molar-refractivity contribution in [3.05, 3.63) is 28.3 Å². The van der Waals surface area contributed by atoms with Crippen LogP contribution < -0.4 is 5.32 Å². The maximum absolute atomic E-state index is 10.5. The predicted octanol–water partition coefficient (Wildman–Crippen LogP) is 3.31. The average Bonchev–Trinajstić information content (AvgIpc) is 2.22. The number of rotatable bonds is 1. The Hall–Kier alpha value is -1.22. The van der Waals surface area contributed by atoms with Gasteiger partial charge in [-0.15, -0.1) is 0 Å². The molecule has 15 heavy (non-hydrogen) atoms. The summed E-state index contributed by atoms with van der Waals surface area (Å²) in [6.07, 6.45) is 3.23. The molecule has 0 fully saturated rings. The Morgan fingerprint density at radius 2 is 2.07 bits per heavy atom. The molecule has 0 saturated heterocycles. The van der Waals surface area contributed by atoms with Crippen LogP contribution in [0.3, 0.4) is 0 Å². The third-order valence-electron chi connectivity index (χ3n) is 2.70. The molecule has 0 radical (unpaired) electrons. The first-order chi connectivity index (χ1) is 7.18. The Balaban J connectivity index is 2.38. The standard InChI is InChI=1S/C11H12ClNO2/c12-10-8-4-2-1-3-7(8)5-6-9(10)13-11(14)15/h5-6,13H,1-4H2,(H,14,15). The second kappa shape index (κ2) is 4.11. The normalized spacial score (nSPS) is 14.5. The fraction of sp³-hybridized carbons (Fsp3) is 0.364. The van der Waals surface area contributed by atoms with Gasteiger partial charge in [0.05, 0.1) is 10.7 Å². The van der Waals surface area contributed by atoms with Gasteiger partial charge in [0.1, 0.15) is 0 Å². The Morgan fingerprint density at radius 3 is 2.80 bits per heavy atom. The molecular weight excluding hydrogens is 214 g/mol. The van der Waals surface area contributed by atoms with Gasteiger partial charge in [-0.2, -0.15) is 0 Å². The molecule has 3 nitrogen and oxygen atoms in total. The van der Waals surface area contributed by atoms with Crippen molar-refractivity contribution >= 4 is 23.4 Å². The van der Waals surface area contributed by atoms with E-state index < -0.39 is 6.09 Å². The number of amides is 1. The fourth-order valence-corrected chi connectivity index (χ4v) is 2.32. The molecule has 0 aliphatic heterocycles. The molecule has 0 bridgehead atoms. The first-order valence-electron chi connectivity index (χ1n) is 4.98. The van der Waals surface area contributed by atoms with E-state index >= 15 is 0 Å². The maximum Gasteiger partial charge on any atom is 0.409 e. The summed E-state index contributed by atoms with van der Waals surface area (Å²) in [6, 6.07) is 3.70. The average molecular weight is 226 g/mol. The molecule has 80 valence electrons. The minimum absolute atomic E-state index is 0.491. The summed E-state index contributed by atoms with van der Waals surface area (Å²) in [5, 5.41) is 11.5. The third kappa shape index (κ3) is 2.07. The van der Waals surface area contributed by atoms with Gasteiger partial charge in [0.25, 0.3) is 0 Å². The van der Waals surface area contributed by atoms with E-state index in [-0.39, 0.29) is 0 Å². The Kier molecular flexibility index (Phi) is 2.82. The molecule has 0 atom stereocenters. The zero-order chi connectivity index (χ0) is 10.8. The number of halogens is 1. The zero-order valence-electron chi connectivity index (χ0n) is 8.22. The predicted molar refractivity (Wildman–Crippen MR) is 59.7 cm³/mol. The third-order valence-corrected chi connectivity index (χ3v) is 3.14. The van der Waals surface area contributed by atoms with E-state index in [9.17, 15) is 4.79 Å². The quantitative estimate of drug-likeness (QED) is 0.771. The van der Waals surface area contributed by atoms with Crippen molar-refractivity contribution in [3.8, 4) is 0 Å². The van der Waals surface area contributed by atoms with E-state index in [1.165, 1.54) is 12.0 Å². The van der Waals surface area contributed by atoms with Crippen molar-refractivity contribution in [2.75, 3.05) is 5.32 Å². The first kappa shape index (κ1) is 10.3. The van der Waals surface area contributed by atoms with Gasteiger partial charge < -0.3 is 5.11 Å². The van der Waals surface area contributed by atoms with Crippen LogP contribution in [0.4, 0.5) is 10.5 Å². The summed E-state index contributed by atoms with van der Waals surface area (Å²) >= 11 is 6.14. The highest BCUT2D eigenvalue weighted by atomic mass is 35.5. The molecule has 1 aromatic carbocycles. The molecule has 1 aliphatic carbocycles. The van der Waals surface area contributed by atoms with Gasteiger partial charge in [-0.1, -0.05) is 17.7 Å². The SMILES string of the molecule is O=C(O)Nc1ccc2c(c1Cl)CCCC2. The molecule has 4 heteroatoms. The summed E-state index contributed by atoms with van der Waals surface area (Å²) < 4.78 is 0. The van der Waals surface area contributed by atoms with Gasteiger partial charge >= 0.3 is 6.09 Å². The molecular formula is C11H12ClNO2. The van der Waals surface area contributed by atoms with Crippen LogP contribution in [0.2, 0.25) is 5.02 Å². The highest BCUT2D eigenvalue weighted by Crippen LogP contribution is 2.33. The number of benzene rings is 1. The van der Waals surface area contributed by atoms with Crippen LogP contribution in [0, 0.1) is 0 Å². The fourth-order valence-electron chi connectivity index (χ4n) is 1.99. The number of nitrogens with one attached hydrogen (secondary N) is 1. The van der Waals surface area contributed by atoms with Crippen molar-refractivity contribution in [3.63, 3.8) is 0 Å². The molecule has 0 aromatic heterocycles. The van der Waals surface area contributed by atoms with Gasteiger partial charge in [-0.3, -0.25) is 5.32 Å². The number of hydrogen-bond donors (Lipinski definition) is 2.